The Hall–Kier alpha value is -0.0800. The highest BCUT2D eigenvalue weighted by atomic mass is 16.5. The molecule has 2 aliphatic heterocycles. The molecule has 2 atom stereocenters. The van der Waals surface area contributed by atoms with Gasteiger partial charge in [0, 0.05) is 25.6 Å². The van der Waals surface area contributed by atoms with E-state index in [0.29, 0.717) is 6.23 Å². The first-order valence-corrected chi connectivity index (χ1v) is 7.27. The van der Waals surface area contributed by atoms with Gasteiger partial charge >= 0.3 is 0 Å². The zero-order valence-corrected chi connectivity index (χ0v) is 10.8. The van der Waals surface area contributed by atoms with Crippen molar-refractivity contribution in [2.45, 2.75) is 64.5 Å². The van der Waals surface area contributed by atoms with Gasteiger partial charge in [0.1, 0.15) is 6.23 Å². The summed E-state index contributed by atoms with van der Waals surface area (Å²) in [6.45, 7) is 5.82. The molecule has 2 saturated heterocycles. The van der Waals surface area contributed by atoms with Gasteiger partial charge in [0.2, 0.25) is 0 Å². The monoisotopic (exact) mass is 225 g/mol. The lowest BCUT2D eigenvalue weighted by atomic mass is 10.0. The van der Waals surface area contributed by atoms with Crippen molar-refractivity contribution in [3.63, 3.8) is 0 Å². The quantitative estimate of drug-likeness (QED) is 0.665. The van der Waals surface area contributed by atoms with Crippen molar-refractivity contribution in [1.82, 2.24) is 4.90 Å². The number of unbranched alkanes of at least 4 members (excludes halogenated alkanes) is 3. The zero-order valence-electron chi connectivity index (χ0n) is 10.8. The molecule has 2 heterocycles. The van der Waals surface area contributed by atoms with Crippen LogP contribution in [0.2, 0.25) is 0 Å². The molecular weight excluding hydrogens is 198 g/mol. The summed E-state index contributed by atoms with van der Waals surface area (Å²) >= 11 is 0. The van der Waals surface area contributed by atoms with Crippen LogP contribution in [0.3, 0.4) is 0 Å². The minimum Gasteiger partial charge on any atom is -0.363 e. The summed E-state index contributed by atoms with van der Waals surface area (Å²) in [5.74, 6) is 0.841. The lowest BCUT2D eigenvalue weighted by Crippen LogP contribution is -2.38. The van der Waals surface area contributed by atoms with Crippen molar-refractivity contribution in [2.75, 3.05) is 19.7 Å². The lowest BCUT2D eigenvalue weighted by Gasteiger charge is -2.29. The number of fused-ring (bicyclic) bond motifs is 1. The minimum absolute atomic E-state index is 0.476. The Morgan fingerprint density at radius 2 is 2.06 bits per heavy atom. The molecule has 0 bridgehead atoms. The van der Waals surface area contributed by atoms with E-state index in [1.54, 1.807) is 0 Å². The second-order valence-electron chi connectivity index (χ2n) is 5.40. The fourth-order valence-corrected chi connectivity index (χ4v) is 3.14. The molecule has 0 aromatic rings. The number of rotatable bonds is 5. The topological polar surface area (TPSA) is 12.5 Å². The Kier molecular flexibility index (Phi) is 5.11. The van der Waals surface area contributed by atoms with Gasteiger partial charge in [-0.2, -0.15) is 0 Å². The van der Waals surface area contributed by atoms with Crippen molar-refractivity contribution in [3.05, 3.63) is 0 Å². The normalized spacial score (nSPS) is 31.3. The average Bonchev–Trinajstić information content (AvgIpc) is 2.68. The number of ether oxygens (including phenoxy) is 1. The molecule has 0 aliphatic carbocycles. The van der Waals surface area contributed by atoms with Crippen molar-refractivity contribution >= 4 is 0 Å². The molecule has 0 spiro atoms. The van der Waals surface area contributed by atoms with Crippen LogP contribution in [0.5, 0.6) is 0 Å². The van der Waals surface area contributed by atoms with Crippen LogP contribution in [-0.4, -0.2) is 30.8 Å². The molecule has 0 saturated carbocycles. The predicted molar refractivity (Wildman–Crippen MR) is 67.4 cm³/mol. The Labute approximate surface area is 100 Å². The maximum Gasteiger partial charge on any atom is 0.113 e. The van der Waals surface area contributed by atoms with Gasteiger partial charge in [-0.05, 0) is 25.7 Å². The van der Waals surface area contributed by atoms with Crippen LogP contribution in [0.4, 0.5) is 0 Å². The smallest absolute Gasteiger partial charge is 0.113 e. The highest BCUT2D eigenvalue weighted by molar-refractivity contribution is 4.80. The maximum absolute atomic E-state index is 5.93. The van der Waals surface area contributed by atoms with Gasteiger partial charge in [-0.15, -0.1) is 0 Å². The third-order valence-electron chi connectivity index (χ3n) is 4.11. The molecule has 2 heteroatoms. The lowest BCUT2D eigenvalue weighted by molar-refractivity contribution is -0.0360. The molecule has 0 aromatic carbocycles. The summed E-state index contributed by atoms with van der Waals surface area (Å²) in [5, 5.41) is 0. The summed E-state index contributed by atoms with van der Waals surface area (Å²) in [6.07, 6.45) is 11.5. The molecule has 16 heavy (non-hydrogen) atoms. The zero-order chi connectivity index (χ0) is 11.2. The van der Waals surface area contributed by atoms with Crippen molar-refractivity contribution in [1.29, 1.82) is 0 Å². The van der Waals surface area contributed by atoms with Crippen molar-refractivity contribution < 1.29 is 4.74 Å². The summed E-state index contributed by atoms with van der Waals surface area (Å²) in [7, 11) is 0. The molecule has 0 N–H and O–H groups in total. The number of hydrogen-bond acceptors (Lipinski definition) is 2. The predicted octanol–water partition coefficient (Wildman–Crippen LogP) is 3.42. The molecule has 2 rings (SSSR count). The summed E-state index contributed by atoms with van der Waals surface area (Å²) < 4.78 is 5.93. The fraction of sp³-hybridized carbons (Fsp3) is 1.00. The largest absolute Gasteiger partial charge is 0.363 e. The maximum atomic E-state index is 5.93. The third-order valence-corrected chi connectivity index (χ3v) is 4.11. The molecule has 2 unspecified atom stereocenters. The first kappa shape index (κ1) is 12.4. The van der Waals surface area contributed by atoms with Crippen LogP contribution in [0.25, 0.3) is 0 Å². The second-order valence-corrected chi connectivity index (χ2v) is 5.40. The Morgan fingerprint density at radius 3 is 2.94 bits per heavy atom. The third kappa shape index (κ3) is 3.21. The van der Waals surface area contributed by atoms with Crippen molar-refractivity contribution in [3.8, 4) is 0 Å². The Morgan fingerprint density at radius 1 is 1.12 bits per heavy atom. The Balaban J connectivity index is 1.76. The van der Waals surface area contributed by atoms with Crippen LogP contribution >= 0.6 is 0 Å². The number of hydrogen-bond donors (Lipinski definition) is 0. The molecule has 2 fully saturated rings. The van der Waals surface area contributed by atoms with E-state index in [9.17, 15) is 0 Å². The van der Waals surface area contributed by atoms with E-state index in [0.717, 1.165) is 12.5 Å². The first-order chi connectivity index (χ1) is 7.92. The van der Waals surface area contributed by atoms with Gasteiger partial charge in [0.05, 0.1) is 0 Å². The van der Waals surface area contributed by atoms with Crippen LogP contribution in [-0.2, 0) is 4.74 Å². The summed E-state index contributed by atoms with van der Waals surface area (Å²) in [6, 6.07) is 0. The average molecular weight is 225 g/mol. The van der Waals surface area contributed by atoms with E-state index in [2.05, 4.69) is 11.8 Å². The SMILES string of the molecule is CCCCCCN1CCCCC2CCOC21. The molecule has 0 radical (unpaired) electrons. The van der Waals surface area contributed by atoms with Crippen LogP contribution in [0.15, 0.2) is 0 Å². The molecule has 94 valence electrons. The van der Waals surface area contributed by atoms with Gasteiger partial charge in [-0.1, -0.05) is 32.6 Å². The van der Waals surface area contributed by atoms with Gasteiger partial charge in [-0.3, -0.25) is 4.90 Å². The fourth-order valence-electron chi connectivity index (χ4n) is 3.14. The van der Waals surface area contributed by atoms with Crippen LogP contribution in [0.1, 0.15) is 58.3 Å². The molecule has 2 nitrogen and oxygen atoms in total. The van der Waals surface area contributed by atoms with Crippen molar-refractivity contribution in [2.24, 2.45) is 5.92 Å². The first-order valence-electron chi connectivity index (χ1n) is 7.27. The van der Waals surface area contributed by atoms with Gasteiger partial charge in [0.25, 0.3) is 0 Å². The minimum atomic E-state index is 0.476. The van der Waals surface area contributed by atoms with Gasteiger partial charge < -0.3 is 4.74 Å². The highest BCUT2D eigenvalue weighted by Crippen LogP contribution is 2.31. The van der Waals surface area contributed by atoms with Gasteiger partial charge in [0.15, 0.2) is 0 Å². The van der Waals surface area contributed by atoms with Crippen LogP contribution < -0.4 is 0 Å². The van der Waals surface area contributed by atoms with Crippen LogP contribution in [0, 0.1) is 5.92 Å². The summed E-state index contributed by atoms with van der Waals surface area (Å²) in [5.41, 5.74) is 0. The molecule has 0 amide bonds. The molecular formula is C14H27NO. The molecule has 0 aromatic heterocycles. The van der Waals surface area contributed by atoms with E-state index >= 15 is 0 Å². The van der Waals surface area contributed by atoms with E-state index < -0.39 is 0 Å². The van der Waals surface area contributed by atoms with E-state index in [-0.39, 0.29) is 0 Å². The number of nitrogens with zero attached hydrogens (tertiary/aromatic N) is 1. The summed E-state index contributed by atoms with van der Waals surface area (Å²) in [4.78, 5) is 2.63. The Bertz CT molecular complexity index is 195. The van der Waals surface area contributed by atoms with Gasteiger partial charge in [-0.25, -0.2) is 0 Å². The highest BCUT2D eigenvalue weighted by Gasteiger charge is 2.33. The van der Waals surface area contributed by atoms with E-state index in [4.69, 9.17) is 4.74 Å². The van der Waals surface area contributed by atoms with E-state index in [1.807, 2.05) is 0 Å². The standard InChI is InChI=1S/C14H27NO/c1-2-3-4-6-10-15-11-7-5-8-13-9-12-16-14(13)15/h13-14H,2-12H2,1H3. The van der Waals surface area contributed by atoms with E-state index in [1.165, 1.54) is 64.5 Å². The number of likely N-dealkylation sites (tertiary alicyclic amines) is 1. The second kappa shape index (κ2) is 6.61. The molecule has 2 aliphatic rings.